The van der Waals surface area contributed by atoms with Crippen LogP contribution in [0.3, 0.4) is 0 Å². The molecular formula is C13H9ClN2O2. The highest BCUT2D eigenvalue weighted by Gasteiger charge is 2.07. The molecular weight excluding hydrogens is 252 g/mol. The summed E-state index contributed by atoms with van der Waals surface area (Å²) in [5.74, 6) is 1.24. The number of aromatic nitrogens is 2. The summed E-state index contributed by atoms with van der Waals surface area (Å²) in [5, 5.41) is 0.534. The van der Waals surface area contributed by atoms with Gasteiger partial charge in [-0.3, -0.25) is 0 Å². The zero-order valence-corrected chi connectivity index (χ0v) is 10.1. The van der Waals surface area contributed by atoms with Gasteiger partial charge in [-0.1, -0.05) is 29.8 Å². The van der Waals surface area contributed by atoms with E-state index in [1.165, 1.54) is 6.20 Å². The fourth-order valence-corrected chi connectivity index (χ4v) is 1.72. The van der Waals surface area contributed by atoms with Gasteiger partial charge in [0.15, 0.2) is 6.61 Å². The first-order valence-corrected chi connectivity index (χ1v) is 5.78. The summed E-state index contributed by atoms with van der Waals surface area (Å²) in [4.78, 5) is 8.29. The van der Waals surface area contributed by atoms with E-state index in [4.69, 9.17) is 20.8 Å². The van der Waals surface area contributed by atoms with Crippen LogP contribution in [0.4, 0.5) is 0 Å². The minimum Gasteiger partial charge on any atom is -0.484 e. The first-order valence-electron chi connectivity index (χ1n) is 5.40. The molecule has 90 valence electrons. The first kappa shape index (κ1) is 11.0. The van der Waals surface area contributed by atoms with Crippen LogP contribution in [-0.4, -0.2) is 9.97 Å². The number of fused-ring (bicyclic) bond motifs is 1. The van der Waals surface area contributed by atoms with Crippen molar-refractivity contribution in [2.24, 2.45) is 0 Å². The number of rotatable bonds is 3. The molecule has 0 radical (unpaired) electrons. The predicted molar refractivity (Wildman–Crippen MR) is 67.6 cm³/mol. The number of hydrogen-bond acceptors (Lipinski definition) is 4. The Bertz CT molecular complexity index is 667. The lowest BCUT2D eigenvalue weighted by atomic mass is 10.3. The fourth-order valence-electron chi connectivity index (χ4n) is 1.57. The van der Waals surface area contributed by atoms with Gasteiger partial charge in [-0.05, 0) is 18.2 Å². The van der Waals surface area contributed by atoms with E-state index in [9.17, 15) is 0 Å². The molecule has 3 rings (SSSR count). The van der Waals surface area contributed by atoms with Crippen molar-refractivity contribution in [1.29, 1.82) is 0 Å². The molecule has 3 aromatic rings. The van der Waals surface area contributed by atoms with Crippen LogP contribution >= 0.6 is 11.6 Å². The predicted octanol–water partition coefficient (Wildman–Crippen LogP) is 3.46. The van der Waals surface area contributed by atoms with Crippen molar-refractivity contribution in [3.8, 4) is 5.75 Å². The molecule has 5 heteroatoms. The van der Waals surface area contributed by atoms with Gasteiger partial charge in [-0.2, -0.15) is 0 Å². The molecule has 0 aliphatic heterocycles. The van der Waals surface area contributed by atoms with Crippen LogP contribution < -0.4 is 4.74 Å². The lowest BCUT2D eigenvalue weighted by molar-refractivity contribution is 0.266. The maximum atomic E-state index is 5.83. The Hall–Kier alpha value is -2.07. The first-order chi connectivity index (χ1) is 8.81. The van der Waals surface area contributed by atoms with E-state index in [0.717, 1.165) is 5.75 Å². The SMILES string of the molecule is Clc1cnc2oc(COc3ccccc3)nc2c1. The number of para-hydroxylation sites is 1. The summed E-state index contributed by atoms with van der Waals surface area (Å²) < 4.78 is 11.0. The molecule has 0 N–H and O–H groups in total. The number of nitrogens with zero attached hydrogens (tertiary/aromatic N) is 2. The largest absolute Gasteiger partial charge is 0.484 e. The highest BCUT2D eigenvalue weighted by molar-refractivity contribution is 6.30. The molecule has 18 heavy (non-hydrogen) atoms. The van der Waals surface area contributed by atoms with Crippen LogP contribution in [0.2, 0.25) is 5.02 Å². The molecule has 0 amide bonds. The minimum absolute atomic E-state index is 0.262. The molecule has 0 saturated carbocycles. The Labute approximate surface area is 108 Å². The van der Waals surface area contributed by atoms with E-state index in [1.807, 2.05) is 30.3 Å². The van der Waals surface area contributed by atoms with Crippen molar-refractivity contribution < 1.29 is 9.15 Å². The Morgan fingerprint density at radius 1 is 1.22 bits per heavy atom. The van der Waals surface area contributed by atoms with Crippen LogP contribution in [0, 0.1) is 0 Å². The van der Waals surface area contributed by atoms with Gasteiger partial charge in [0, 0.05) is 6.20 Å². The van der Waals surface area contributed by atoms with Crippen molar-refractivity contribution in [3.63, 3.8) is 0 Å². The summed E-state index contributed by atoms with van der Waals surface area (Å²) in [6, 6.07) is 11.2. The van der Waals surface area contributed by atoms with Gasteiger partial charge in [-0.15, -0.1) is 0 Å². The molecule has 4 nitrogen and oxygen atoms in total. The Morgan fingerprint density at radius 3 is 2.89 bits per heavy atom. The van der Waals surface area contributed by atoms with E-state index < -0.39 is 0 Å². The quantitative estimate of drug-likeness (QED) is 0.724. The van der Waals surface area contributed by atoms with Crippen LogP contribution in [0.1, 0.15) is 5.89 Å². The summed E-state index contributed by atoms with van der Waals surface area (Å²) in [6.45, 7) is 0.262. The summed E-state index contributed by atoms with van der Waals surface area (Å²) >= 11 is 5.83. The van der Waals surface area contributed by atoms with E-state index in [2.05, 4.69) is 9.97 Å². The number of hydrogen-bond donors (Lipinski definition) is 0. The van der Waals surface area contributed by atoms with Gasteiger partial charge in [0.1, 0.15) is 11.3 Å². The van der Waals surface area contributed by atoms with Gasteiger partial charge in [0.25, 0.3) is 0 Å². The topological polar surface area (TPSA) is 48.2 Å². The maximum absolute atomic E-state index is 5.83. The third-order valence-electron chi connectivity index (χ3n) is 2.36. The number of benzene rings is 1. The smallest absolute Gasteiger partial charge is 0.247 e. The van der Waals surface area contributed by atoms with Crippen molar-refractivity contribution in [3.05, 3.63) is 53.5 Å². The van der Waals surface area contributed by atoms with Crippen LogP contribution in [0.25, 0.3) is 11.2 Å². The molecule has 2 heterocycles. The number of oxazole rings is 1. The molecule has 0 aliphatic rings. The Balaban J connectivity index is 1.79. The van der Waals surface area contributed by atoms with Gasteiger partial charge < -0.3 is 9.15 Å². The second kappa shape index (κ2) is 4.66. The average Bonchev–Trinajstić information content (AvgIpc) is 2.79. The van der Waals surface area contributed by atoms with Gasteiger partial charge in [0.05, 0.1) is 5.02 Å². The van der Waals surface area contributed by atoms with Crippen molar-refractivity contribution in [2.75, 3.05) is 0 Å². The summed E-state index contributed by atoms with van der Waals surface area (Å²) in [7, 11) is 0. The van der Waals surface area contributed by atoms with Crippen LogP contribution in [-0.2, 0) is 6.61 Å². The number of halogens is 1. The average molecular weight is 261 g/mol. The van der Waals surface area contributed by atoms with Gasteiger partial charge in [-0.25, -0.2) is 9.97 Å². The highest BCUT2D eigenvalue weighted by atomic mass is 35.5. The lowest BCUT2D eigenvalue weighted by Crippen LogP contribution is -1.94. The molecule has 2 aromatic heterocycles. The third-order valence-corrected chi connectivity index (χ3v) is 2.57. The van der Waals surface area contributed by atoms with Crippen LogP contribution in [0.5, 0.6) is 5.75 Å². The van der Waals surface area contributed by atoms with E-state index in [1.54, 1.807) is 6.07 Å². The molecule has 0 aliphatic carbocycles. The molecule has 1 aromatic carbocycles. The maximum Gasteiger partial charge on any atom is 0.247 e. The van der Waals surface area contributed by atoms with E-state index in [-0.39, 0.29) is 6.61 Å². The molecule has 0 unspecified atom stereocenters. The second-order valence-electron chi connectivity index (χ2n) is 3.69. The normalized spacial score (nSPS) is 10.7. The van der Waals surface area contributed by atoms with Crippen molar-refractivity contribution in [2.45, 2.75) is 6.61 Å². The highest BCUT2D eigenvalue weighted by Crippen LogP contribution is 2.18. The van der Waals surface area contributed by atoms with Crippen LogP contribution in [0.15, 0.2) is 47.0 Å². The minimum atomic E-state index is 0.262. The van der Waals surface area contributed by atoms with E-state index >= 15 is 0 Å². The summed E-state index contributed by atoms with van der Waals surface area (Å²) in [6.07, 6.45) is 1.52. The summed E-state index contributed by atoms with van der Waals surface area (Å²) in [5.41, 5.74) is 1.10. The van der Waals surface area contributed by atoms with Gasteiger partial charge >= 0.3 is 0 Å². The Kier molecular flexibility index (Phi) is 2.86. The molecule has 0 saturated heterocycles. The standard InChI is InChI=1S/C13H9ClN2O2/c14-9-6-11-13(15-7-9)18-12(16-11)8-17-10-4-2-1-3-5-10/h1-7H,8H2. The third kappa shape index (κ3) is 2.28. The second-order valence-corrected chi connectivity index (χ2v) is 4.12. The molecule has 0 spiro atoms. The monoisotopic (exact) mass is 260 g/mol. The fraction of sp³-hybridized carbons (Fsp3) is 0.0769. The van der Waals surface area contributed by atoms with Crippen molar-refractivity contribution in [1.82, 2.24) is 9.97 Å². The zero-order chi connectivity index (χ0) is 12.4. The molecule has 0 bridgehead atoms. The van der Waals surface area contributed by atoms with E-state index in [0.29, 0.717) is 22.1 Å². The molecule has 0 fully saturated rings. The zero-order valence-electron chi connectivity index (χ0n) is 9.34. The lowest BCUT2D eigenvalue weighted by Gasteiger charge is -2.01. The van der Waals surface area contributed by atoms with Crippen molar-refractivity contribution >= 4 is 22.8 Å². The van der Waals surface area contributed by atoms with Gasteiger partial charge in [0.2, 0.25) is 11.6 Å². The Morgan fingerprint density at radius 2 is 2.06 bits per heavy atom. The molecule has 0 atom stereocenters. The number of ether oxygens (including phenoxy) is 1. The number of pyridine rings is 1.